The fraction of sp³-hybridized carbons (Fsp3) is 0.750. The zero-order valence-corrected chi connectivity index (χ0v) is 10.2. The largest absolute Gasteiger partial charge is 0.374 e. The number of hydrogen-bond donors (Lipinski definition) is 1. The van der Waals surface area contributed by atoms with Gasteiger partial charge in [-0.1, -0.05) is 0 Å². The first-order valence-electron chi connectivity index (χ1n) is 6.01. The van der Waals surface area contributed by atoms with Crippen molar-refractivity contribution in [3.8, 4) is 0 Å². The molecule has 0 radical (unpaired) electrons. The smallest absolute Gasteiger partial charge is 0.0778 e. The first kappa shape index (κ1) is 11.6. The van der Waals surface area contributed by atoms with Crippen LogP contribution in [0.15, 0.2) is 12.3 Å². The first-order valence-corrected chi connectivity index (χ1v) is 6.01. The predicted molar refractivity (Wildman–Crippen MR) is 63.4 cm³/mol. The Kier molecular flexibility index (Phi) is 3.61. The lowest BCUT2D eigenvalue weighted by atomic mass is 9.96. The van der Waals surface area contributed by atoms with E-state index in [2.05, 4.69) is 17.3 Å². The zero-order chi connectivity index (χ0) is 11.4. The van der Waals surface area contributed by atoms with Crippen LogP contribution in [0.1, 0.15) is 25.5 Å². The Morgan fingerprint density at radius 1 is 1.62 bits per heavy atom. The van der Waals surface area contributed by atoms with Gasteiger partial charge in [-0.05, 0) is 32.4 Å². The average molecular weight is 223 g/mol. The van der Waals surface area contributed by atoms with E-state index in [1.54, 1.807) is 0 Å². The van der Waals surface area contributed by atoms with Crippen LogP contribution in [-0.4, -0.2) is 35.1 Å². The Bertz CT molecular complexity index is 329. The molecule has 0 aliphatic carbocycles. The monoisotopic (exact) mass is 223 g/mol. The molecule has 0 bridgehead atoms. The third kappa shape index (κ3) is 2.83. The molecule has 2 heterocycles. The van der Waals surface area contributed by atoms with Crippen molar-refractivity contribution in [3.05, 3.63) is 18.0 Å². The van der Waals surface area contributed by atoms with Crippen molar-refractivity contribution in [2.45, 2.75) is 31.8 Å². The van der Waals surface area contributed by atoms with Gasteiger partial charge in [0.15, 0.2) is 0 Å². The molecule has 16 heavy (non-hydrogen) atoms. The molecule has 0 saturated carbocycles. The highest BCUT2D eigenvalue weighted by atomic mass is 16.5. The van der Waals surface area contributed by atoms with Crippen LogP contribution in [0.4, 0.5) is 0 Å². The van der Waals surface area contributed by atoms with Gasteiger partial charge in [0.2, 0.25) is 0 Å². The second-order valence-electron chi connectivity index (χ2n) is 4.77. The molecule has 0 aromatic carbocycles. The Morgan fingerprint density at radius 2 is 2.50 bits per heavy atom. The maximum Gasteiger partial charge on any atom is 0.0778 e. The van der Waals surface area contributed by atoms with Gasteiger partial charge in [0.05, 0.1) is 12.2 Å². The van der Waals surface area contributed by atoms with E-state index < -0.39 is 0 Å². The molecule has 1 aliphatic rings. The van der Waals surface area contributed by atoms with Crippen LogP contribution in [0.5, 0.6) is 0 Å². The van der Waals surface area contributed by atoms with Crippen LogP contribution < -0.4 is 5.32 Å². The van der Waals surface area contributed by atoms with Crippen LogP contribution in [-0.2, 0) is 18.2 Å². The lowest BCUT2D eigenvalue weighted by Crippen LogP contribution is -2.45. The number of hydrogen-bond acceptors (Lipinski definition) is 3. The minimum absolute atomic E-state index is 0.0246. The average Bonchev–Trinajstić information content (AvgIpc) is 2.65. The summed E-state index contributed by atoms with van der Waals surface area (Å²) < 4.78 is 7.90. The summed E-state index contributed by atoms with van der Waals surface area (Å²) >= 11 is 0. The van der Waals surface area contributed by atoms with Crippen molar-refractivity contribution in [1.82, 2.24) is 15.1 Å². The van der Waals surface area contributed by atoms with Crippen molar-refractivity contribution >= 4 is 0 Å². The molecule has 4 heteroatoms. The molecule has 1 N–H and O–H groups in total. The molecule has 90 valence electrons. The number of rotatable bonds is 4. The molecule has 1 saturated heterocycles. The van der Waals surface area contributed by atoms with Crippen LogP contribution in [0.2, 0.25) is 0 Å². The summed E-state index contributed by atoms with van der Waals surface area (Å²) in [7, 11) is 1.97. The Balaban J connectivity index is 1.77. The fourth-order valence-corrected chi connectivity index (χ4v) is 2.20. The summed E-state index contributed by atoms with van der Waals surface area (Å²) in [6, 6.07) is 2.05. The van der Waals surface area contributed by atoms with Gasteiger partial charge in [0, 0.05) is 31.9 Å². The van der Waals surface area contributed by atoms with Crippen molar-refractivity contribution < 1.29 is 4.74 Å². The summed E-state index contributed by atoms with van der Waals surface area (Å²) in [5.74, 6) is 0. The van der Waals surface area contributed by atoms with E-state index >= 15 is 0 Å². The van der Waals surface area contributed by atoms with Crippen molar-refractivity contribution in [2.75, 3.05) is 19.7 Å². The van der Waals surface area contributed by atoms with E-state index in [0.717, 1.165) is 32.5 Å². The van der Waals surface area contributed by atoms with Gasteiger partial charge < -0.3 is 10.1 Å². The minimum Gasteiger partial charge on any atom is -0.374 e. The highest BCUT2D eigenvalue weighted by molar-refractivity contribution is 5.00. The van der Waals surface area contributed by atoms with Gasteiger partial charge in [-0.3, -0.25) is 4.68 Å². The van der Waals surface area contributed by atoms with E-state index in [-0.39, 0.29) is 5.60 Å². The molecule has 1 unspecified atom stereocenters. The first-order chi connectivity index (χ1) is 7.70. The van der Waals surface area contributed by atoms with Gasteiger partial charge in [0.1, 0.15) is 0 Å². The Labute approximate surface area is 97.0 Å². The summed E-state index contributed by atoms with van der Waals surface area (Å²) in [5.41, 5.74) is 1.25. The van der Waals surface area contributed by atoms with Crippen molar-refractivity contribution in [3.63, 3.8) is 0 Å². The Hall–Kier alpha value is -0.870. The SMILES string of the molecule is Cn1nccc1CCOC1(C)CCCNC1. The fourth-order valence-electron chi connectivity index (χ4n) is 2.20. The predicted octanol–water partition coefficient (Wildman–Crippen LogP) is 1.12. The highest BCUT2D eigenvalue weighted by Crippen LogP contribution is 2.20. The molecule has 1 aromatic rings. The second kappa shape index (κ2) is 4.97. The van der Waals surface area contributed by atoms with E-state index in [0.29, 0.717) is 0 Å². The number of aryl methyl sites for hydroxylation is 1. The molecule has 1 atom stereocenters. The van der Waals surface area contributed by atoms with Crippen LogP contribution in [0.3, 0.4) is 0 Å². The van der Waals surface area contributed by atoms with E-state index in [9.17, 15) is 0 Å². The summed E-state index contributed by atoms with van der Waals surface area (Å²) in [6.45, 7) is 5.07. The standard InChI is InChI=1S/C12H21N3O/c1-12(6-3-7-13-10-12)16-9-5-11-4-8-14-15(11)2/h4,8,13H,3,5-7,9-10H2,1-2H3. The second-order valence-corrected chi connectivity index (χ2v) is 4.77. The van der Waals surface area contributed by atoms with E-state index in [4.69, 9.17) is 4.74 Å². The van der Waals surface area contributed by atoms with Crippen molar-refractivity contribution in [2.24, 2.45) is 7.05 Å². The van der Waals surface area contributed by atoms with Crippen LogP contribution in [0, 0.1) is 0 Å². The molecule has 2 rings (SSSR count). The lowest BCUT2D eigenvalue weighted by Gasteiger charge is -2.34. The topological polar surface area (TPSA) is 39.1 Å². The van der Waals surface area contributed by atoms with Gasteiger partial charge in [-0.15, -0.1) is 0 Å². The van der Waals surface area contributed by atoms with Crippen LogP contribution >= 0.6 is 0 Å². The van der Waals surface area contributed by atoms with Crippen LogP contribution in [0.25, 0.3) is 0 Å². The molecular formula is C12H21N3O. The molecular weight excluding hydrogens is 202 g/mol. The number of nitrogens with one attached hydrogen (secondary N) is 1. The van der Waals surface area contributed by atoms with Gasteiger partial charge >= 0.3 is 0 Å². The molecule has 1 fully saturated rings. The summed E-state index contributed by atoms with van der Waals surface area (Å²) in [6.07, 6.45) is 5.14. The molecule has 1 aromatic heterocycles. The third-order valence-corrected chi connectivity index (χ3v) is 3.29. The zero-order valence-electron chi connectivity index (χ0n) is 10.2. The van der Waals surface area contributed by atoms with Gasteiger partial charge in [-0.2, -0.15) is 5.10 Å². The van der Waals surface area contributed by atoms with Gasteiger partial charge in [0.25, 0.3) is 0 Å². The van der Waals surface area contributed by atoms with Crippen molar-refractivity contribution in [1.29, 1.82) is 0 Å². The van der Waals surface area contributed by atoms with E-state index in [1.165, 1.54) is 12.1 Å². The highest BCUT2D eigenvalue weighted by Gasteiger charge is 2.27. The maximum absolute atomic E-state index is 6.00. The lowest BCUT2D eigenvalue weighted by molar-refractivity contribution is -0.0454. The summed E-state index contributed by atoms with van der Waals surface area (Å²) in [5, 5.41) is 7.54. The molecule has 1 aliphatic heterocycles. The number of ether oxygens (including phenoxy) is 1. The molecule has 0 spiro atoms. The molecule has 0 amide bonds. The maximum atomic E-state index is 6.00. The summed E-state index contributed by atoms with van der Waals surface area (Å²) in [4.78, 5) is 0. The minimum atomic E-state index is 0.0246. The van der Waals surface area contributed by atoms with E-state index in [1.807, 2.05) is 24.0 Å². The Morgan fingerprint density at radius 3 is 3.12 bits per heavy atom. The molecule has 4 nitrogen and oxygen atoms in total. The number of nitrogens with zero attached hydrogens (tertiary/aromatic N) is 2. The number of aromatic nitrogens is 2. The normalized spacial score (nSPS) is 25.9. The third-order valence-electron chi connectivity index (χ3n) is 3.29. The van der Waals surface area contributed by atoms with Gasteiger partial charge in [-0.25, -0.2) is 0 Å². The quantitative estimate of drug-likeness (QED) is 0.831. The number of piperidine rings is 1.